The fourth-order valence-electron chi connectivity index (χ4n) is 3.12. The zero-order chi connectivity index (χ0) is 19.9. The van der Waals surface area contributed by atoms with Crippen LogP contribution in [0.3, 0.4) is 0 Å². The first-order valence-electron chi connectivity index (χ1n) is 9.51. The highest BCUT2D eigenvalue weighted by Crippen LogP contribution is 2.15. The molecule has 0 saturated carbocycles. The van der Waals surface area contributed by atoms with Gasteiger partial charge in [0.15, 0.2) is 0 Å². The average molecular weight is 382 g/mol. The van der Waals surface area contributed by atoms with Crippen LogP contribution in [0.5, 0.6) is 0 Å². The van der Waals surface area contributed by atoms with Crippen molar-refractivity contribution in [1.29, 1.82) is 0 Å². The number of aromatic nitrogens is 4. The monoisotopic (exact) mass is 382 g/mol. The van der Waals surface area contributed by atoms with Crippen molar-refractivity contribution in [2.75, 3.05) is 13.1 Å². The van der Waals surface area contributed by atoms with Gasteiger partial charge in [-0.2, -0.15) is 0 Å². The smallest absolute Gasteiger partial charge is 0.270 e. The van der Waals surface area contributed by atoms with E-state index in [1.807, 2.05) is 47.3 Å². The Hall–Kier alpha value is -3.16. The molecule has 28 heavy (non-hydrogen) atoms. The minimum absolute atomic E-state index is 0.00138. The van der Waals surface area contributed by atoms with Gasteiger partial charge in [0.25, 0.3) is 5.91 Å². The third-order valence-electron chi connectivity index (χ3n) is 4.58. The minimum Gasteiger partial charge on any atom is -0.356 e. The maximum absolute atomic E-state index is 12.5. The van der Waals surface area contributed by atoms with E-state index >= 15 is 0 Å². The van der Waals surface area contributed by atoms with E-state index < -0.39 is 0 Å². The predicted molar refractivity (Wildman–Crippen MR) is 106 cm³/mol. The number of amides is 2. The summed E-state index contributed by atoms with van der Waals surface area (Å²) < 4.78 is 3.79. The van der Waals surface area contributed by atoms with E-state index in [2.05, 4.69) is 20.6 Å². The van der Waals surface area contributed by atoms with Crippen LogP contribution in [0.4, 0.5) is 0 Å². The first kappa shape index (κ1) is 19.6. The highest BCUT2D eigenvalue weighted by Gasteiger charge is 2.16. The SMILES string of the molecule is Cc1nc2c(C)cccn2c1C(=O)NCCCC(=O)NCCCn1ccnc1. The summed E-state index contributed by atoms with van der Waals surface area (Å²) in [6.45, 7) is 5.70. The first-order valence-corrected chi connectivity index (χ1v) is 9.51. The molecule has 0 radical (unpaired) electrons. The molecule has 2 amide bonds. The zero-order valence-corrected chi connectivity index (χ0v) is 16.3. The molecule has 0 aliphatic heterocycles. The summed E-state index contributed by atoms with van der Waals surface area (Å²) >= 11 is 0. The molecule has 0 aliphatic carbocycles. The molecular weight excluding hydrogens is 356 g/mol. The second-order valence-electron chi connectivity index (χ2n) is 6.79. The Labute approximate surface area is 164 Å². The number of imidazole rings is 2. The van der Waals surface area contributed by atoms with Crippen molar-refractivity contribution < 1.29 is 9.59 Å². The Morgan fingerprint density at radius 2 is 1.93 bits per heavy atom. The number of fused-ring (bicyclic) bond motifs is 1. The second-order valence-corrected chi connectivity index (χ2v) is 6.79. The molecule has 8 nitrogen and oxygen atoms in total. The molecule has 0 bridgehead atoms. The molecule has 2 N–H and O–H groups in total. The van der Waals surface area contributed by atoms with Crippen LogP contribution in [0, 0.1) is 13.8 Å². The molecule has 3 aromatic heterocycles. The van der Waals surface area contributed by atoms with Gasteiger partial charge >= 0.3 is 0 Å². The number of pyridine rings is 1. The van der Waals surface area contributed by atoms with E-state index in [9.17, 15) is 9.59 Å². The average Bonchev–Trinajstić information content (AvgIpc) is 3.30. The molecule has 3 heterocycles. The van der Waals surface area contributed by atoms with E-state index in [1.165, 1.54) is 0 Å². The van der Waals surface area contributed by atoms with Crippen molar-refractivity contribution in [2.45, 2.75) is 39.7 Å². The van der Waals surface area contributed by atoms with Crippen molar-refractivity contribution in [3.8, 4) is 0 Å². The van der Waals surface area contributed by atoms with Gasteiger partial charge in [0, 0.05) is 44.6 Å². The van der Waals surface area contributed by atoms with Crippen molar-refractivity contribution in [2.24, 2.45) is 0 Å². The van der Waals surface area contributed by atoms with Crippen molar-refractivity contribution in [3.63, 3.8) is 0 Å². The van der Waals surface area contributed by atoms with E-state index in [0.29, 0.717) is 37.3 Å². The number of nitrogens with zero attached hydrogens (tertiary/aromatic N) is 4. The van der Waals surface area contributed by atoms with Gasteiger partial charge in [-0.05, 0) is 38.3 Å². The third-order valence-corrected chi connectivity index (χ3v) is 4.58. The van der Waals surface area contributed by atoms with Crippen LogP contribution in [-0.4, -0.2) is 43.8 Å². The maximum Gasteiger partial charge on any atom is 0.270 e. The van der Waals surface area contributed by atoms with Crippen LogP contribution in [0.1, 0.15) is 41.0 Å². The van der Waals surface area contributed by atoms with Crippen molar-refractivity contribution in [3.05, 3.63) is 54.0 Å². The summed E-state index contributed by atoms with van der Waals surface area (Å²) in [6, 6.07) is 3.87. The van der Waals surface area contributed by atoms with Crippen LogP contribution in [0.15, 0.2) is 37.1 Å². The molecule has 0 spiro atoms. The Balaban J connectivity index is 1.38. The number of nitrogens with one attached hydrogen (secondary N) is 2. The summed E-state index contributed by atoms with van der Waals surface area (Å²) in [5, 5.41) is 5.79. The molecule has 148 valence electrons. The van der Waals surface area contributed by atoms with Crippen LogP contribution in [-0.2, 0) is 11.3 Å². The lowest BCUT2D eigenvalue weighted by Crippen LogP contribution is -2.29. The van der Waals surface area contributed by atoms with E-state index in [1.54, 1.807) is 12.5 Å². The predicted octanol–water partition coefficient (Wildman–Crippen LogP) is 1.86. The lowest BCUT2D eigenvalue weighted by molar-refractivity contribution is -0.121. The maximum atomic E-state index is 12.5. The molecule has 3 rings (SSSR count). The van der Waals surface area contributed by atoms with Gasteiger partial charge in [0.05, 0.1) is 12.0 Å². The number of carbonyl (C=O) groups excluding carboxylic acids is 2. The minimum atomic E-state index is -0.170. The quantitative estimate of drug-likeness (QED) is 0.553. The number of hydrogen-bond donors (Lipinski definition) is 2. The van der Waals surface area contributed by atoms with Crippen molar-refractivity contribution in [1.82, 2.24) is 29.6 Å². The number of hydrogen-bond acceptors (Lipinski definition) is 4. The topological polar surface area (TPSA) is 93.3 Å². The van der Waals surface area contributed by atoms with Gasteiger partial charge in [0.2, 0.25) is 5.91 Å². The molecule has 3 aromatic rings. The Kier molecular flexibility index (Phi) is 6.41. The molecule has 0 saturated heterocycles. The highest BCUT2D eigenvalue weighted by molar-refractivity contribution is 5.94. The Morgan fingerprint density at radius 1 is 1.11 bits per heavy atom. The van der Waals surface area contributed by atoms with Gasteiger partial charge in [-0.15, -0.1) is 0 Å². The fraction of sp³-hybridized carbons (Fsp3) is 0.400. The van der Waals surface area contributed by atoms with Crippen LogP contribution in [0.2, 0.25) is 0 Å². The Bertz CT molecular complexity index is 945. The zero-order valence-electron chi connectivity index (χ0n) is 16.3. The molecule has 0 unspecified atom stereocenters. The number of aryl methyl sites for hydroxylation is 3. The lowest BCUT2D eigenvalue weighted by Gasteiger charge is -2.08. The van der Waals surface area contributed by atoms with Gasteiger partial charge in [-0.1, -0.05) is 6.07 Å². The van der Waals surface area contributed by atoms with Gasteiger partial charge in [-0.3, -0.25) is 14.0 Å². The van der Waals surface area contributed by atoms with Gasteiger partial charge in [0.1, 0.15) is 11.3 Å². The molecule has 0 atom stereocenters. The number of rotatable bonds is 9. The molecule has 0 fully saturated rings. The Morgan fingerprint density at radius 3 is 2.71 bits per heavy atom. The largest absolute Gasteiger partial charge is 0.356 e. The normalized spacial score (nSPS) is 10.9. The van der Waals surface area contributed by atoms with Gasteiger partial charge in [-0.25, -0.2) is 9.97 Å². The summed E-state index contributed by atoms with van der Waals surface area (Å²) in [5.74, 6) is -0.169. The lowest BCUT2D eigenvalue weighted by atomic mass is 10.2. The molecular formula is C20H26N6O2. The molecule has 8 heteroatoms. The fourth-order valence-corrected chi connectivity index (χ4v) is 3.12. The van der Waals surface area contributed by atoms with Crippen LogP contribution in [0.25, 0.3) is 5.65 Å². The molecule has 0 aromatic carbocycles. The van der Waals surface area contributed by atoms with Crippen LogP contribution < -0.4 is 10.6 Å². The molecule has 0 aliphatic rings. The van der Waals surface area contributed by atoms with Crippen molar-refractivity contribution >= 4 is 17.5 Å². The van der Waals surface area contributed by atoms with E-state index in [0.717, 1.165) is 24.2 Å². The standard InChI is InChI=1S/C20H26N6O2/c1-15-6-4-12-26-18(16(2)24-19(15)26)20(28)23-8-3-7-17(27)22-9-5-11-25-13-10-21-14-25/h4,6,10,12-14H,3,5,7-9,11H2,1-2H3,(H,22,27)(H,23,28). The summed E-state index contributed by atoms with van der Waals surface area (Å²) in [7, 11) is 0. The van der Waals surface area contributed by atoms with E-state index in [4.69, 9.17) is 0 Å². The van der Waals surface area contributed by atoms with E-state index in [-0.39, 0.29) is 11.8 Å². The summed E-state index contributed by atoms with van der Waals surface area (Å²) in [5.41, 5.74) is 3.06. The first-order chi connectivity index (χ1) is 13.6. The summed E-state index contributed by atoms with van der Waals surface area (Å²) in [6.07, 6.45) is 9.07. The third kappa shape index (κ3) is 4.76. The second kappa shape index (κ2) is 9.16. The van der Waals surface area contributed by atoms with Gasteiger partial charge < -0.3 is 15.2 Å². The summed E-state index contributed by atoms with van der Waals surface area (Å²) in [4.78, 5) is 32.9. The highest BCUT2D eigenvalue weighted by atomic mass is 16.2. The van der Waals surface area contributed by atoms with Crippen LogP contribution >= 0.6 is 0 Å². The number of carbonyl (C=O) groups is 2.